The monoisotopic (exact) mass is 710 g/mol. The smallest absolute Gasteiger partial charge is 0.328 e. The summed E-state index contributed by atoms with van der Waals surface area (Å²) in [6, 6.07) is -6.91. The Morgan fingerprint density at radius 3 is 2.24 bits per heavy atom. The molecule has 0 aliphatic carbocycles. The Bertz CT molecular complexity index is 1360. The van der Waals surface area contributed by atoms with Crippen molar-refractivity contribution in [1.29, 1.82) is 0 Å². The summed E-state index contributed by atoms with van der Waals surface area (Å²) in [5.41, 5.74) is 10.7. The number of carboxylic acid groups (broad SMARTS) is 2. The van der Waals surface area contributed by atoms with Crippen LogP contribution in [-0.2, 0) is 38.3 Å². The minimum absolute atomic E-state index is 0.0214. The highest BCUT2D eigenvalue weighted by Crippen LogP contribution is 2.21. The van der Waals surface area contributed by atoms with Crippen molar-refractivity contribution in [1.82, 2.24) is 30.7 Å². The van der Waals surface area contributed by atoms with E-state index in [0.29, 0.717) is 4.90 Å². The molecule has 0 aromatic heterocycles. The zero-order chi connectivity index (χ0) is 37.0. The van der Waals surface area contributed by atoms with E-state index >= 15 is 0 Å². The van der Waals surface area contributed by atoms with Crippen LogP contribution >= 0.6 is 0 Å². The second-order valence-corrected chi connectivity index (χ2v) is 11.8. The number of guanidine groups is 1. The number of carboxylic acids is 2. The second-order valence-electron chi connectivity index (χ2n) is 11.8. The molecule has 276 valence electrons. The molecule has 3 rings (SSSR count). The van der Waals surface area contributed by atoms with Gasteiger partial charge in [0.15, 0.2) is 5.96 Å². The SMILES string of the molecule is NC(N)=NCCC[C@H](NC(=O)[C@@H](CC(=O)O)N1CCN(C(=O)[C@H](CCN=O)N2C(=O)N[C@H](CCC(=O)O)C2=O)CC1)C(=O)NC1CCOC1=O. The first-order valence-electron chi connectivity index (χ1n) is 15.9. The average Bonchev–Trinajstić information content (AvgIpc) is 3.60. The summed E-state index contributed by atoms with van der Waals surface area (Å²) < 4.78 is 4.87. The lowest BCUT2D eigenvalue weighted by Crippen LogP contribution is -2.61. The molecule has 6 amide bonds. The van der Waals surface area contributed by atoms with Gasteiger partial charge in [-0.05, 0) is 19.3 Å². The molecule has 22 nitrogen and oxygen atoms in total. The van der Waals surface area contributed by atoms with Crippen molar-refractivity contribution in [3.8, 4) is 0 Å². The molecule has 3 fully saturated rings. The highest BCUT2D eigenvalue weighted by molar-refractivity contribution is 6.07. The molecule has 22 heteroatoms. The summed E-state index contributed by atoms with van der Waals surface area (Å²) in [6.45, 7) is -0.337. The Morgan fingerprint density at radius 2 is 1.66 bits per heavy atom. The van der Waals surface area contributed by atoms with Gasteiger partial charge in [0, 0.05) is 52.0 Å². The van der Waals surface area contributed by atoms with Crippen LogP contribution in [0.15, 0.2) is 10.2 Å². The van der Waals surface area contributed by atoms with Gasteiger partial charge in [-0.3, -0.25) is 38.7 Å². The number of nitroso groups, excluding NO2 is 1. The number of amides is 6. The number of urea groups is 1. The summed E-state index contributed by atoms with van der Waals surface area (Å²) >= 11 is 0. The first-order valence-corrected chi connectivity index (χ1v) is 15.9. The number of hydrogen-bond acceptors (Lipinski definition) is 13. The Kier molecular flexibility index (Phi) is 14.3. The number of aliphatic carboxylic acids is 2. The van der Waals surface area contributed by atoms with Crippen molar-refractivity contribution in [2.75, 3.05) is 45.9 Å². The van der Waals surface area contributed by atoms with Crippen molar-refractivity contribution in [2.45, 2.75) is 75.2 Å². The molecule has 50 heavy (non-hydrogen) atoms. The van der Waals surface area contributed by atoms with Crippen LogP contribution < -0.4 is 27.4 Å². The van der Waals surface area contributed by atoms with Crippen LogP contribution in [0.25, 0.3) is 0 Å². The normalized spacial score (nSPS) is 21.0. The zero-order valence-electron chi connectivity index (χ0n) is 27.2. The number of carbonyl (C=O) groups is 8. The van der Waals surface area contributed by atoms with Crippen molar-refractivity contribution < 1.29 is 53.3 Å². The molecule has 3 aliphatic rings. The number of nitrogens with one attached hydrogen (secondary N) is 3. The standard InChI is InChI=1S/C28H42N10O12/c29-27(30)31-7-1-2-15(22(43)34-17-6-13-50-26(17)47)33-23(44)19(14-21(41)42)36-9-11-37(12-10-36)25(46)18(5-8-32-49)38-24(45)16(35-28(38)48)3-4-20(39)40/h15-19H,1-14H2,(H,33,44)(H,34,43)(H,35,48)(H,39,40)(H,41,42)(H4,29,30,31)/t15-,16+,17?,18-,19+/m0/s1. The van der Waals surface area contributed by atoms with Gasteiger partial charge in [0.2, 0.25) is 17.7 Å². The number of rotatable bonds is 19. The van der Waals surface area contributed by atoms with Gasteiger partial charge < -0.3 is 47.3 Å². The molecule has 3 saturated heterocycles. The molecular weight excluding hydrogens is 668 g/mol. The van der Waals surface area contributed by atoms with Gasteiger partial charge in [0.1, 0.15) is 24.2 Å². The fourth-order valence-electron chi connectivity index (χ4n) is 5.80. The fourth-order valence-corrected chi connectivity index (χ4v) is 5.80. The molecule has 5 atom stereocenters. The number of nitrogens with zero attached hydrogens (tertiary/aromatic N) is 5. The maximum absolute atomic E-state index is 13.6. The van der Waals surface area contributed by atoms with Gasteiger partial charge in [-0.2, -0.15) is 4.91 Å². The number of ether oxygens (including phenoxy) is 1. The highest BCUT2D eigenvalue weighted by atomic mass is 16.5. The van der Waals surface area contributed by atoms with E-state index < -0.39 is 97.2 Å². The number of nitrogens with two attached hydrogens (primary N) is 2. The molecule has 0 radical (unpaired) electrons. The third-order valence-electron chi connectivity index (χ3n) is 8.36. The maximum atomic E-state index is 13.6. The van der Waals surface area contributed by atoms with E-state index in [2.05, 4.69) is 26.1 Å². The van der Waals surface area contributed by atoms with Crippen LogP contribution in [0.4, 0.5) is 4.79 Å². The maximum Gasteiger partial charge on any atom is 0.328 e. The van der Waals surface area contributed by atoms with E-state index in [1.807, 2.05) is 0 Å². The van der Waals surface area contributed by atoms with E-state index in [-0.39, 0.29) is 77.4 Å². The molecular formula is C28H42N10O12. The Balaban J connectivity index is 1.70. The van der Waals surface area contributed by atoms with Crippen LogP contribution in [-0.4, -0.2) is 155 Å². The fraction of sp³-hybridized carbons (Fsp3) is 0.679. The van der Waals surface area contributed by atoms with Crippen molar-refractivity contribution >= 4 is 53.5 Å². The largest absolute Gasteiger partial charge is 0.481 e. The minimum Gasteiger partial charge on any atom is -0.481 e. The number of aliphatic imine (C=N–C) groups is 1. The van der Waals surface area contributed by atoms with Gasteiger partial charge in [-0.15, -0.1) is 0 Å². The molecule has 0 saturated carbocycles. The van der Waals surface area contributed by atoms with Gasteiger partial charge in [-0.25, -0.2) is 14.5 Å². The first-order chi connectivity index (χ1) is 23.7. The third kappa shape index (κ3) is 10.8. The number of cyclic esters (lactones) is 1. The van der Waals surface area contributed by atoms with E-state index in [1.165, 1.54) is 9.80 Å². The third-order valence-corrected chi connectivity index (χ3v) is 8.36. The van der Waals surface area contributed by atoms with Crippen molar-refractivity contribution in [2.24, 2.45) is 21.6 Å². The van der Waals surface area contributed by atoms with Crippen LogP contribution in [0.2, 0.25) is 0 Å². The number of carbonyl (C=O) groups excluding carboxylic acids is 6. The molecule has 9 N–H and O–H groups in total. The predicted octanol–water partition coefficient (Wildman–Crippen LogP) is -3.75. The number of piperazine rings is 1. The summed E-state index contributed by atoms with van der Waals surface area (Å²) in [5.74, 6) is -6.32. The molecule has 0 aromatic rings. The minimum atomic E-state index is -1.42. The lowest BCUT2D eigenvalue weighted by molar-refractivity contribution is -0.146. The molecule has 3 aliphatic heterocycles. The summed E-state index contributed by atoms with van der Waals surface area (Å²) in [5, 5.41) is 28.8. The molecule has 0 aromatic carbocycles. The molecule has 3 heterocycles. The van der Waals surface area contributed by atoms with Gasteiger partial charge in [0.25, 0.3) is 5.91 Å². The summed E-state index contributed by atoms with van der Waals surface area (Å²) in [7, 11) is 0. The predicted molar refractivity (Wildman–Crippen MR) is 169 cm³/mol. The van der Waals surface area contributed by atoms with Gasteiger partial charge in [0.05, 0.1) is 25.6 Å². The highest BCUT2D eigenvalue weighted by Gasteiger charge is 2.46. The lowest BCUT2D eigenvalue weighted by atomic mass is 10.1. The van der Waals surface area contributed by atoms with Crippen LogP contribution in [0.5, 0.6) is 0 Å². The second kappa shape index (κ2) is 18.4. The molecule has 0 spiro atoms. The first kappa shape index (κ1) is 39.0. The molecule has 1 unspecified atom stereocenters. The quantitative estimate of drug-likeness (QED) is 0.0169. The zero-order valence-corrected chi connectivity index (χ0v) is 27.2. The summed E-state index contributed by atoms with van der Waals surface area (Å²) in [4.78, 5) is 119. The van der Waals surface area contributed by atoms with E-state index in [9.17, 15) is 48.4 Å². The summed E-state index contributed by atoms with van der Waals surface area (Å²) in [6.07, 6.45) is -1.05. The number of hydrogen-bond donors (Lipinski definition) is 7. The van der Waals surface area contributed by atoms with E-state index in [1.54, 1.807) is 0 Å². The van der Waals surface area contributed by atoms with Crippen molar-refractivity contribution in [3.63, 3.8) is 0 Å². The van der Waals surface area contributed by atoms with Crippen LogP contribution in [0.3, 0.4) is 0 Å². The number of imide groups is 1. The number of esters is 1. The van der Waals surface area contributed by atoms with E-state index in [4.69, 9.17) is 21.3 Å². The topological polar surface area (TPSA) is 326 Å². The molecule has 0 bridgehead atoms. The van der Waals surface area contributed by atoms with E-state index in [0.717, 1.165) is 0 Å². The lowest BCUT2D eigenvalue weighted by Gasteiger charge is -2.40. The van der Waals surface area contributed by atoms with Crippen LogP contribution in [0.1, 0.15) is 44.9 Å². The van der Waals surface area contributed by atoms with Gasteiger partial charge >= 0.3 is 23.9 Å². The Hall–Kier alpha value is -5.41. The van der Waals surface area contributed by atoms with Gasteiger partial charge in [-0.1, -0.05) is 5.18 Å². The van der Waals surface area contributed by atoms with Crippen LogP contribution in [0, 0.1) is 4.91 Å². The Morgan fingerprint density at radius 1 is 0.960 bits per heavy atom. The Labute approximate surface area is 285 Å². The van der Waals surface area contributed by atoms with Crippen molar-refractivity contribution in [3.05, 3.63) is 4.91 Å². The average molecular weight is 711 g/mol.